The summed E-state index contributed by atoms with van der Waals surface area (Å²) < 4.78 is 10.1. The smallest absolute Gasteiger partial charge is 0.317 e. The van der Waals surface area contributed by atoms with Gasteiger partial charge in [-0.3, -0.25) is 9.69 Å². The summed E-state index contributed by atoms with van der Waals surface area (Å²) in [5, 5.41) is 8.66. The minimum Gasteiger partial charge on any atom is -0.480 e. The van der Waals surface area contributed by atoms with Gasteiger partial charge in [0.25, 0.3) is 0 Å². The lowest BCUT2D eigenvalue weighted by Crippen LogP contribution is -2.31. The van der Waals surface area contributed by atoms with E-state index in [0.717, 1.165) is 6.42 Å². The lowest BCUT2D eigenvalue weighted by atomic mass is 10.3. The molecule has 0 aliphatic rings. The SMILES string of the molecule is C=CCN(CCCOCCOC)CC(=O)O. The molecule has 5 heteroatoms. The standard InChI is InChI=1S/C11H21NO4/c1-3-5-12(10-11(13)14)6-4-7-16-9-8-15-2/h3H,1,4-10H2,2H3,(H,13,14). The maximum absolute atomic E-state index is 10.5. The van der Waals surface area contributed by atoms with Crippen molar-refractivity contribution in [2.75, 3.05) is 46.6 Å². The second-order valence-electron chi connectivity index (χ2n) is 3.38. The maximum Gasteiger partial charge on any atom is 0.317 e. The summed E-state index contributed by atoms with van der Waals surface area (Å²) in [7, 11) is 1.63. The number of carbonyl (C=O) groups is 1. The number of methoxy groups -OCH3 is 1. The summed E-state index contributed by atoms with van der Waals surface area (Å²) in [6.07, 6.45) is 2.51. The third kappa shape index (κ3) is 9.64. The van der Waals surface area contributed by atoms with Crippen molar-refractivity contribution in [1.29, 1.82) is 0 Å². The van der Waals surface area contributed by atoms with Crippen molar-refractivity contribution in [2.24, 2.45) is 0 Å². The Balaban J connectivity index is 3.51. The summed E-state index contributed by atoms with van der Waals surface area (Å²) in [6, 6.07) is 0. The number of rotatable bonds is 11. The van der Waals surface area contributed by atoms with Crippen LogP contribution in [0.1, 0.15) is 6.42 Å². The van der Waals surface area contributed by atoms with E-state index in [9.17, 15) is 4.79 Å². The molecule has 0 aliphatic carbocycles. The van der Waals surface area contributed by atoms with Gasteiger partial charge in [-0.1, -0.05) is 6.08 Å². The maximum atomic E-state index is 10.5. The van der Waals surface area contributed by atoms with Crippen LogP contribution < -0.4 is 0 Å². The van der Waals surface area contributed by atoms with Gasteiger partial charge in [-0.25, -0.2) is 0 Å². The van der Waals surface area contributed by atoms with Crippen LogP contribution in [0.4, 0.5) is 0 Å². The fourth-order valence-corrected chi connectivity index (χ4v) is 1.24. The quantitative estimate of drug-likeness (QED) is 0.417. The van der Waals surface area contributed by atoms with Gasteiger partial charge in [0.2, 0.25) is 0 Å². The molecule has 0 unspecified atom stereocenters. The van der Waals surface area contributed by atoms with E-state index in [0.29, 0.717) is 32.9 Å². The van der Waals surface area contributed by atoms with E-state index in [4.69, 9.17) is 14.6 Å². The molecule has 0 rings (SSSR count). The van der Waals surface area contributed by atoms with Crippen molar-refractivity contribution in [3.8, 4) is 0 Å². The molecule has 1 N–H and O–H groups in total. The largest absolute Gasteiger partial charge is 0.480 e. The third-order valence-electron chi connectivity index (χ3n) is 1.94. The molecule has 0 aromatic carbocycles. The topological polar surface area (TPSA) is 59.0 Å². The Morgan fingerprint density at radius 3 is 2.75 bits per heavy atom. The zero-order valence-corrected chi connectivity index (χ0v) is 9.85. The van der Waals surface area contributed by atoms with Crippen LogP contribution in [0, 0.1) is 0 Å². The van der Waals surface area contributed by atoms with Gasteiger partial charge >= 0.3 is 5.97 Å². The average molecular weight is 231 g/mol. The number of hydrogen-bond donors (Lipinski definition) is 1. The van der Waals surface area contributed by atoms with Gasteiger partial charge in [0.1, 0.15) is 0 Å². The Hall–Kier alpha value is -0.910. The van der Waals surface area contributed by atoms with E-state index in [-0.39, 0.29) is 6.54 Å². The number of carboxylic acid groups (broad SMARTS) is 1. The molecule has 0 aliphatic heterocycles. The summed E-state index contributed by atoms with van der Waals surface area (Å²) in [5.74, 6) is -0.817. The molecule has 16 heavy (non-hydrogen) atoms. The van der Waals surface area contributed by atoms with Crippen LogP contribution in [0.15, 0.2) is 12.7 Å². The minimum atomic E-state index is -0.817. The highest BCUT2D eigenvalue weighted by molar-refractivity contribution is 5.69. The Bertz CT molecular complexity index is 196. The summed E-state index contributed by atoms with van der Waals surface area (Å²) in [5.41, 5.74) is 0. The predicted octanol–water partition coefficient (Wildman–Crippen LogP) is 0.612. The van der Waals surface area contributed by atoms with Crippen LogP contribution >= 0.6 is 0 Å². The van der Waals surface area contributed by atoms with Crippen molar-refractivity contribution in [3.63, 3.8) is 0 Å². The molecule has 94 valence electrons. The summed E-state index contributed by atoms with van der Waals surface area (Å²) >= 11 is 0. The van der Waals surface area contributed by atoms with Crippen LogP contribution in [0.25, 0.3) is 0 Å². The molecule has 0 radical (unpaired) electrons. The number of carboxylic acids is 1. The molecule has 0 aromatic rings. The first-order valence-electron chi connectivity index (χ1n) is 5.32. The Kier molecular flexibility index (Phi) is 10.00. The molecule has 0 bridgehead atoms. The van der Waals surface area contributed by atoms with Crippen molar-refractivity contribution in [1.82, 2.24) is 4.90 Å². The minimum absolute atomic E-state index is 0.0457. The predicted molar refractivity (Wildman–Crippen MR) is 61.6 cm³/mol. The van der Waals surface area contributed by atoms with Crippen LogP contribution in [0.5, 0.6) is 0 Å². The van der Waals surface area contributed by atoms with Gasteiger partial charge in [-0.05, 0) is 6.42 Å². The van der Waals surface area contributed by atoms with E-state index in [1.807, 2.05) is 4.90 Å². The Morgan fingerprint density at radius 1 is 1.44 bits per heavy atom. The first-order chi connectivity index (χ1) is 7.70. The van der Waals surface area contributed by atoms with Crippen LogP contribution in [-0.4, -0.2) is 62.5 Å². The normalized spacial score (nSPS) is 10.6. The van der Waals surface area contributed by atoms with Crippen molar-refractivity contribution in [2.45, 2.75) is 6.42 Å². The average Bonchev–Trinajstić information content (AvgIpc) is 2.22. The molecule has 0 atom stereocenters. The van der Waals surface area contributed by atoms with Gasteiger partial charge in [-0.15, -0.1) is 6.58 Å². The molecule has 0 saturated carbocycles. The molecule has 0 heterocycles. The number of nitrogens with zero attached hydrogens (tertiary/aromatic N) is 1. The van der Waals surface area contributed by atoms with E-state index < -0.39 is 5.97 Å². The van der Waals surface area contributed by atoms with Gasteiger partial charge in [0.05, 0.1) is 19.8 Å². The first kappa shape index (κ1) is 15.1. The van der Waals surface area contributed by atoms with Crippen molar-refractivity contribution in [3.05, 3.63) is 12.7 Å². The van der Waals surface area contributed by atoms with Crippen molar-refractivity contribution >= 4 is 5.97 Å². The Morgan fingerprint density at radius 2 is 2.19 bits per heavy atom. The summed E-state index contributed by atoms with van der Waals surface area (Å²) in [4.78, 5) is 12.3. The molecule has 0 aromatic heterocycles. The van der Waals surface area contributed by atoms with Gasteiger partial charge < -0.3 is 14.6 Å². The van der Waals surface area contributed by atoms with E-state index in [1.165, 1.54) is 0 Å². The zero-order valence-electron chi connectivity index (χ0n) is 9.85. The van der Waals surface area contributed by atoms with Crippen molar-refractivity contribution < 1.29 is 19.4 Å². The second-order valence-corrected chi connectivity index (χ2v) is 3.38. The number of aliphatic carboxylic acids is 1. The fourth-order valence-electron chi connectivity index (χ4n) is 1.24. The molecule has 0 fully saturated rings. The molecule has 0 amide bonds. The third-order valence-corrected chi connectivity index (χ3v) is 1.94. The molecule has 0 saturated heterocycles. The first-order valence-corrected chi connectivity index (χ1v) is 5.32. The van der Waals surface area contributed by atoms with Crippen LogP contribution in [-0.2, 0) is 14.3 Å². The van der Waals surface area contributed by atoms with Gasteiger partial charge in [0.15, 0.2) is 0 Å². The second kappa shape index (κ2) is 10.6. The lowest BCUT2D eigenvalue weighted by Gasteiger charge is -2.17. The molecule has 5 nitrogen and oxygen atoms in total. The van der Waals surface area contributed by atoms with E-state index in [2.05, 4.69) is 6.58 Å². The molecular formula is C11H21NO4. The lowest BCUT2D eigenvalue weighted by molar-refractivity contribution is -0.138. The fraction of sp³-hybridized carbons (Fsp3) is 0.727. The Labute approximate surface area is 96.6 Å². The highest BCUT2D eigenvalue weighted by Crippen LogP contribution is 1.93. The van der Waals surface area contributed by atoms with Crippen LogP contribution in [0.2, 0.25) is 0 Å². The zero-order chi connectivity index (χ0) is 12.2. The van der Waals surface area contributed by atoms with E-state index >= 15 is 0 Å². The number of hydrogen-bond acceptors (Lipinski definition) is 4. The highest BCUT2D eigenvalue weighted by atomic mass is 16.5. The molecular weight excluding hydrogens is 210 g/mol. The molecule has 0 spiro atoms. The number of ether oxygens (including phenoxy) is 2. The van der Waals surface area contributed by atoms with Gasteiger partial charge in [-0.2, -0.15) is 0 Å². The monoisotopic (exact) mass is 231 g/mol. The van der Waals surface area contributed by atoms with Gasteiger partial charge in [0, 0.05) is 26.8 Å². The van der Waals surface area contributed by atoms with E-state index in [1.54, 1.807) is 13.2 Å². The summed E-state index contributed by atoms with van der Waals surface area (Å²) in [6.45, 7) is 6.72. The highest BCUT2D eigenvalue weighted by Gasteiger charge is 2.06. The van der Waals surface area contributed by atoms with Crippen LogP contribution in [0.3, 0.4) is 0 Å².